The third-order valence-corrected chi connectivity index (χ3v) is 2.47. The second-order valence-electron chi connectivity index (χ2n) is 3.88. The van der Waals surface area contributed by atoms with E-state index in [9.17, 15) is 0 Å². The standard InChI is InChI=1S/C13H16N2O2/c1-9-7-13(17-6-5-16-2)11-8-10(14)3-4-12(11)15-9/h3-4,7-8H,5-6,14H2,1-2H3. The molecule has 0 radical (unpaired) electrons. The molecule has 0 saturated carbocycles. The summed E-state index contributed by atoms with van der Waals surface area (Å²) in [5, 5.41) is 0.937. The molecule has 0 aliphatic rings. The molecule has 4 heteroatoms. The normalized spacial score (nSPS) is 10.7. The highest BCUT2D eigenvalue weighted by atomic mass is 16.5. The first kappa shape index (κ1) is 11.7. The van der Waals surface area contributed by atoms with Gasteiger partial charge in [-0.2, -0.15) is 0 Å². The van der Waals surface area contributed by atoms with Gasteiger partial charge in [0, 0.05) is 29.9 Å². The van der Waals surface area contributed by atoms with Gasteiger partial charge in [-0.05, 0) is 25.1 Å². The largest absolute Gasteiger partial charge is 0.490 e. The van der Waals surface area contributed by atoms with E-state index in [2.05, 4.69) is 4.98 Å². The van der Waals surface area contributed by atoms with Crippen molar-refractivity contribution in [1.29, 1.82) is 0 Å². The van der Waals surface area contributed by atoms with Crippen LogP contribution in [-0.2, 0) is 4.74 Å². The molecule has 0 amide bonds. The minimum Gasteiger partial charge on any atom is -0.490 e. The molecule has 0 bridgehead atoms. The molecule has 2 rings (SSSR count). The molecule has 0 fully saturated rings. The Balaban J connectivity index is 2.40. The van der Waals surface area contributed by atoms with Gasteiger partial charge in [-0.1, -0.05) is 0 Å². The van der Waals surface area contributed by atoms with Crippen LogP contribution < -0.4 is 10.5 Å². The summed E-state index contributed by atoms with van der Waals surface area (Å²) in [6, 6.07) is 7.54. The van der Waals surface area contributed by atoms with E-state index < -0.39 is 0 Å². The van der Waals surface area contributed by atoms with Crippen molar-refractivity contribution < 1.29 is 9.47 Å². The summed E-state index contributed by atoms with van der Waals surface area (Å²) in [4.78, 5) is 4.44. The van der Waals surface area contributed by atoms with Gasteiger partial charge in [0.15, 0.2) is 0 Å². The predicted octanol–water partition coefficient (Wildman–Crippen LogP) is 2.15. The van der Waals surface area contributed by atoms with Crippen LogP contribution in [-0.4, -0.2) is 25.3 Å². The Kier molecular flexibility index (Phi) is 3.44. The van der Waals surface area contributed by atoms with Crippen molar-refractivity contribution in [3.8, 4) is 5.75 Å². The van der Waals surface area contributed by atoms with Crippen LogP contribution in [0.2, 0.25) is 0 Å². The van der Waals surface area contributed by atoms with Gasteiger partial charge in [0.25, 0.3) is 0 Å². The second kappa shape index (κ2) is 5.01. The molecule has 0 aliphatic heterocycles. The summed E-state index contributed by atoms with van der Waals surface area (Å²) >= 11 is 0. The van der Waals surface area contributed by atoms with Crippen LogP contribution in [0.15, 0.2) is 24.3 Å². The lowest BCUT2D eigenvalue weighted by Gasteiger charge is -2.10. The van der Waals surface area contributed by atoms with E-state index in [0.29, 0.717) is 18.9 Å². The van der Waals surface area contributed by atoms with Crippen molar-refractivity contribution in [3.05, 3.63) is 30.0 Å². The maximum atomic E-state index is 5.78. The van der Waals surface area contributed by atoms with E-state index in [-0.39, 0.29) is 0 Å². The lowest BCUT2D eigenvalue weighted by molar-refractivity contribution is 0.147. The fourth-order valence-electron chi connectivity index (χ4n) is 1.69. The number of benzene rings is 1. The van der Waals surface area contributed by atoms with Gasteiger partial charge in [0.1, 0.15) is 12.4 Å². The van der Waals surface area contributed by atoms with Gasteiger partial charge >= 0.3 is 0 Å². The summed E-state index contributed by atoms with van der Waals surface area (Å²) in [5.74, 6) is 0.803. The predicted molar refractivity (Wildman–Crippen MR) is 68.3 cm³/mol. The number of aromatic nitrogens is 1. The van der Waals surface area contributed by atoms with Crippen molar-refractivity contribution in [2.45, 2.75) is 6.92 Å². The number of nitrogens with two attached hydrogens (primary N) is 1. The van der Waals surface area contributed by atoms with Gasteiger partial charge in [-0.25, -0.2) is 0 Å². The zero-order valence-corrected chi connectivity index (χ0v) is 10.1. The smallest absolute Gasteiger partial charge is 0.130 e. The van der Waals surface area contributed by atoms with E-state index in [0.717, 1.165) is 22.3 Å². The van der Waals surface area contributed by atoms with Crippen LogP contribution >= 0.6 is 0 Å². The van der Waals surface area contributed by atoms with Crippen LogP contribution in [0.1, 0.15) is 5.69 Å². The zero-order valence-electron chi connectivity index (χ0n) is 10.1. The van der Waals surface area contributed by atoms with E-state index in [1.165, 1.54) is 0 Å². The fraction of sp³-hybridized carbons (Fsp3) is 0.308. The lowest BCUT2D eigenvalue weighted by Crippen LogP contribution is -2.05. The Labute approximate surface area is 100 Å². The number of ether oxygens (including phenoxy) is 2. The fourth-order valence-corrected chi connectivity index (χ4v) is 1.69. The zero-order chi connectivity index (χ0) is 12.3. The molecule has 1 heterocycles. The van der Waals surface area contributed by atoms with Crippen molar-refractivity contribution >= 4 is 16.6 Å². The lowest BCUT2D eigenvalue weighted by atomic mass is 10.1. The highest BCUT2D eigenvalue weighted by Crippen LogP contribution is 2.27. The van der Waals surface area contributed by atoms with Crippen LogP contribution in [0.4, 0.5) is 5.69 Å². The highest BCUT2D eigenvalue weighted by molar-refractivity contribution is 5.87. The van der Waals surface area contributed by atoms with E-state index in [1.807, 2.05) is 31.2 Å². The summed E-state index contributed by atoms with van der Waals surface area (Å²) < 4.78 is 10.6. The monoisotopic (exact) mass is 232 g/mol. The number of anilines is 1. The quantitative estimate of drug-likeness (QED) is 0.648. The third-order valence-electron chi connectivity index (χ3n) is 2.47. The highest BCUT2D eigenvalue weighted by Gasteiger charge is 2.05. The van der Waals surface area contributed by atoms with Crippen molar-refractivity contribution in [2.75, 3.05) is 26.1 Å². The number of fused-ring (bicyclic) bond motifs is 1. The molecular weight excluding hydrogens is 216 g/mol. The molecule has 1 aromatic carbocycles. The number of nitrogen functional groups attached to an aromatic ring is 1. The molecule has 2 aromatic rings. The van der Waals surface area contributed by atoms with Crippen LogP contribution in [0.25, 0.3) is 10.9 Å². The molecule has 0 aliphatic carbocycles. The van der Waals surface area contributed by atoms with Crippen LogP contribution in [0.5, 0.6) is 5.75 Å². The van der Waals surface area contributed by atoms with Gasteiger partial charge < -0.3 is 15.2 Å². The molecule has 0 spiro atoms. The number of aryl methyl sites for hydroxylation is 1. The summed E-state index contributed by atoms with van der Waals surface area (Å²) in [6.07, 6.45) is 0. The summed E-state index contributed by atoms with van der Waals surface area (Å²) in [7, 11) is 1.65. The maximum absolute atomic E-state index is 5.78. The number of methoxy groups -OCH3 is 1. The van der Waals surface area contributed by atoms with E-state index in [1.54, 1.807) is 7.11 Å². The number of hydrogen-bond acceptors (Lipinski definition) is 4. The van der Waals surface area contributed by atoms with Gasteiger partial charge in [-0.15, -0.1) is 0 Å². The first-order chi connectivity index (χ1) is 8.20. The Morgan fingerprint density at radius 1 is 1.24 bits per heavy atom. The molecule has 0 saturated heterocycles. The Morgan fingerprint density at radius 2 is 2.06 bits per heavy atom. The van der Waals surface area contributed by atoms with E-state index >= 15 is 0 Å². The van der Waals surface area contributed by atoms with Crippen molar-refractivity contribution in [3.63, 3.8) is 0 Å². The summed E-state index contributed by atoms with van der Waals surface area (Å²) in [6.45, 7) is 3.02. The van der Waals surface area contributed by atoms with Gasteiger partial charge in [-0.3, -0.25) is 4.98 Å². The average molecular weight is 232 g/mol. The second-order valence-corrected chi connectivity index (χ2v) is 3.88. The van der Waals surface area contributed by atoms with Crippen molar-refractivity contribution in [1.82, 2.24) is 4.98 Å². The molecule has 90 valence electrons. The SMILES string of the molecule is COCCOc1cc(C)nc2ccc(N)cc12. The Hall–Kier alpha value is -1.81. The first-order valence-corrected chi connectivity index (χ1v) is 5.49. The van der Waals surface area contributed by atoms with Crippen LogP contribution in [0.3, 0.4) is 0 Å². The summed E-state index contributed by atoms with van der Waals surface area (Å²) in [5.41, 5.74) is 8.31. The van der Waals surface area contributed by atoms with Crippen LogP contribution in [0, 0.1) is 6.92 Å². The minimum atomic E-state index is 0.518. The number of rotatable bonds is 4. The number of pyridine rings is 1. The minimum absolute atomic E-state index is 0.518. The number of hydrogen-bond donors (Lipinski definition) is 1. The molecule has 0 atom stereocenters. The van der Waals surface area contributed by atoms with Gasteiger partial charge in [0.2, 0.25) is 0 Å². The van der Waals surface area contributed by atoms with Crippen molar-refractivity contribution in [2.24, 2.45) is 0 Å². The molecule has 4 nitrogen and oxygen atoms in total. The topological polar surface area (TPSA) is 57.4 Å². The Morgan fingerprint density at radius 3 is 2.82 bits per heavy atom. The molecule has 17 heavy (non-hydrogen) atoms. The molecule has 2 N–H and O–H groups in total. The van der Waals surface area contributed by atoms with E-state index in [4.69, 9.17) is 15.2 Å². The number of nitrogens with zero attached hydrogens (tertiary/aromatic N) is 1. The third kappa shape index (κ3) is 2.65. The average Bonchev–Trinajstić information content (AvgIpc) is 2.30. The Bertz CT molecular complexity index is 526. The molecule has 1 aromatic heterocycles. The molecule has 0 unspecified atom stereocenters. The molecular formula is C13H16N2O2. The first-order valence-electron chi connectivity index (χ1n) is 5.49. The maximum Gasteiger partial charge on any atom is 0.130 e. The van der Waals surface area contributed by atoms with Gasteiger partial charge in [0.05, 0.1) is 12.1 Å².